The molecule has 6 nitrogen and oxygen atoms in total. The molecule has 2 aromatic carbocycles. The Morgan fingerprint density at radius 2 is 1.70 bits per heavy atom. The monoisotopic (exact) mass is 471 g/mol. The maximum atomic E-state index is 12.6. The standard InChI is InChI=1S/C23H26BrN3O3/c1-4-29-20-11-10-18(12-21(20)30-5-2)13-22(28)25-23-19(24)15-27(26-23)14-17-8-6-16(3)7-9-17/h6-12,15H,4-5,13-14H2,1-3H3,(H,25,26,28). The summed E-state index contributed by atoms with van der Waals surface area (Å²) in [5.41, 5.74) is 3.20. The lowest BCUT2D eigenvalue weighted by atomic mass is 10.1. The molecule has 1 amide bonds. The van der Waals surface area contributed by atoms with Crippen LogP contribution in [0.25, 0.3) is 0 Å². The molecule has 0 saturated heterocycles. The first kappa shape index (κ1) is 21.9. The Labute approximate surface area is 185 Å². The van der Waals surface area contributed by atoms with Crippen LogP contribution < -0.4 is 14.8 Å². The largest absolute Gasteiger partial charge is 0.490 e. The third-order valence-corrected chi connectivity index (χ3v) is 4.99. The fraction of sp³-hybridized carbons (Fsp3) is 0.304. The van der Waals surface area contributed by atoms with E-state index in [1.165, 1.54) is 5.56 Å². The number of halogens is 1. The number of nitrogens with one attached hydrogen (secondary N) is 1. The molecule has 1 heterocycles. The first-order valence-electron chi connectivity index (χ1n) is 9.95. The lowest BCUT2D eigenvalue weighted by Gasteiger charge is -2.12. The van der Waals surface area contributed by atoms with Crippen LogP contribution in [-0.2, 0) is 17.8 Å². The predicted molar refractivity (Wildman–Crippen MR) is 121 cm³/mol. The number of aromatic nitrogens is 2. The third-order valence-electron chi connectivity index (χ3n) is 4.41. The zero-order valence-corrected chi connectivity index (χ0v) is 19.0. The molecule has 0 spiro atoms. The fourth-order valence-electron chi connectivity index (χ4n) is 3.01. The molecular weight excluding hydrogens is 446 g/mol. The number of hydrogen-bond acceptors (Lipinski definition) is 4. The van der Waals surface area contributed by atoms with E-state index in [1.807, 2.05) is 38.2 Å². The zero-order chi connectivity index (χ0) is 21.5. The lowest BCUT2D eigenvalue weighted by molar-refractivity contribution is -0.115. The van der Waals surface area contributed by atoms with Crippen LogP contribution in [0, 0.1) is 6.92 Å². The van der Waals surface area contributed by atoms with Crippen molar-refractivity contribution in [1.29, 1.82) is 0 Å². The van der Waals surface area contributed by atoms with Gasteiger partial charge >= 0.3 is 0 Å². The van der Waals surface area contributed by atoms with Crippen LogP contribution in [0.1, 0.15) is 30.5 Å². The first-order valence-corrected chi connectivity index (χ1v) is 10.7. The van der Waals surface area contributed by atoms with Crippen molar-refractivity contribution in [3.05, 3.63) is 69.8 Å². The summed E-state index contributed by atoms with van der Waals surface area (Å²) in [6.07, 6.45) is 2.07. The van der Waals surface area contributed by atoms with Crippen LogP contribution in [0.3, 0.4) is 0 Å². The van der Waals surface area contributed by atoms with Crippen molar-refractivity contribution in [1.82, 2.24) is 9.78 Å². The molecule has 3 rings (SSSR count). The van der Waals surface area contributed by atoms with Gasteiger partial charge in [0.05, 0.1) is 30.7 Å². The SMILES string of the molecule is CCOc1ccc(CC(=O)Nc2nn(Cc3ccc(C)cc3)cc2Br)cc1OCC. The van der Waals surface area contributed by atoms with E-state index in [9.17, 15) is 4.79 Å². The number of carbonyl (C=O) groups is 1. The molecule has 0 saturated carbocycles. The second kappa shape index (κ2) is 10.3. The van der Waals surface area contributed by atoms with Gasteiger partial charge in [0.2, 0.25) is 5.91 Å². The highest BCUT2D eigenvalue weighted by molar-refractivity contribution is 9.10. The number of aryl methyl sites for hydroxylation is 1. The van der Waals surface area contributed by atoms with E-state index >= 15 is 0 Å². The minimum atomic E-state index is -0.150. The molecule has 30 heavy (non-hydrogen) atoms. The van der Waals surface area contributed by atoms with Crippen molar-refractivity contribution >= 4 is 27.7 Å². The van der Waals surface area contributed by atoms with Gasteiger partial charge in [-0.05, 0) is 60.0 Å². The Morgan fingerprint density at radius 3 is 2.40 bits per heavy atom. The van der Waals surface area contributed by atoms with Crippen molar-refractivity contribution < 1.29 is 14.3 Å². The fourth-order valence-corrected chi connectivity index (χ4v) is 3.43. The summed E-state index contributed by atoms with van der Waals surface area (Å²) < 4.78 is 13.8. The number of anilines is 1. The van der Waals surface area contributed by atoms with Crippen LogP contribution in [0.15, 0.2) is 53.1 Å². The van der Waals surface area contributed by atoms with Crippen molar-refractivity contribution in [2.24, 2.45) is 0 Å². The molecule has 7 heteroatoms. The first-order chi connectivity index (χ1) is 14.5. The quantitative estimate of drug-likeness (QED) is 0.477. The Morgan fingerprint density at radius 1 is 1.03 bits per heavy atom. The van der Waals surface area contributed by atoms with Crippen molar-refractivity contribution in [2.75, 3.05) is 18.5 Å². The number of carbonyl (C=O) groups excluding carboxylic acids is 1. The zero-order valence-electron chi connectivity index (χ0n) is 17.4. The van der Waals surface area contributed by atoms with E-state index in [0.717, 1.165) is 15.6 Å². The van der Waals surface area contributed by atoms with Crippen LogP contribution in [-0.4, -0.2) is 28.9 Å². The van der Waals surface area contributed by atoms with E-state index < -0.39 is 0 Å². The number of amides is 1. The summed E-state index contributed by atoms with van der Waals surface area (Å²) in [5.74, 6) is 1.68. The van der Waals surface area contributed by atoms with Gasteiger partial charge in [-0.15, -0.1) is 0 Å². The minimum Gasteiger partial charge on any atom is -0.490 e. The summed E-state index contributed by atoms with van der Waals surface area (Å²) in [5, 5.41) is 7.36. The highest BCUT2D eigenvalue weighted by Gasteiger charge is 2.13. The van der Waals surface area contributed by atoms with E-state index in [2.05, 4.69) is 57.5 Å². The molecule has 0 aliphatic heterocycles. The van der Waals surface area contributed by atoms with Gasteiger partial charge in [-0.25, -0.2) is 0 Å². The molecule has 0 atom stereocenters. The highest BCUT2D eigenvalue weighted by Crippen LogP contribution is 2.29. The van der Waals surface area contributed by atoms with E-state index in [0.29, 0.717) is 37.1 Å². The summed E-state index contributed by atoms with van der Waals surface area (Å²) in [6, 6.07) is 13.9. The number of rotatable bonds is 9. The van der Waals surface area contributed by atoms with Crippen LogP contribution >= 0.6 is 15.9 Å². The van der Waals surface area contributed by atoms with Gasteiger partial charge in [-0.3, -0.25) is 9.48 Å². The van der Waals surface area contributed by atoms with Crippen molar-refractivity contribution in [2.45, 2.75) is 33.7 Å². The van der Waals surface area contributed by atoms with Gasteiger partial charge in [0.25, 0.3) is 0 Å². The molecule has 0 aliphatic carbocycles. The molecule has 3 aromatic rings. The van der Waals surface area contributed by atoms with Crippen LogP contribution in [0.4, 0.5) is 5.82 Å². The highest BCUT2D eigenvalue weighted by atomic mass is 79.9. The van der Waals surface area contributed by atoms with E-state index in [1.54, 1.807) is 4.68 Å². The maximum absolute atomic E-state index is 12.6. The molecule has 0 fully saturated rings. The number of ether oxygens (including phenoxy) is 2. The van der Waals surface area contributed by atoms with Gasteiger partial charge in [0, 0.05) is 6.20 Å². The Kier molecular flexibility index (Phi) is 7.52. The van der Waals surface area contributed by atoms with Gasteiger partial charge < -0.3 is 14.8 Å². The Bertz CT molecular complexity index is 999. The molecular formula is C23H26BrN3O3. The van der Waals surface area contributed by atoms with Crippen LogP contribution in [0.2, 0.25) is 0 Å². The summed E-state index contributed by atoms with van der Waals surface area (Å²) in [7, 11) is 0. The van der Waals surface area contributed by atoms with Gasteiger partial charge in [0.1, 0.15) is 0 Å². The van der Waals surface area contributed by atoms with E-state index in [4.69, 9.17) is 9.47 Å². The smallest absolute Gasteiger partial charge is 0.230 e. The molecule has 0 aliphatic rings. The van der Waals surface area contributed by atoms with Gasteiger partial charge in [-0.2, -0.15) is 5.10 Å². The molecule has 158 valence electrons. The third kappa shape index (κ3) is 5.86. The molecule has 1 aromatic heterocycles. The summed E-state index contributed by atoms with van der Waals surface area (Å²) >= 11 is 3.48. The van der Waals surface area contributed by atoms with Crippen LogP contribution in [0.5, 0.6) is 11.5 Å². The van der Waals surface area contributed by atoms with Gasteiger partial charge in [0.15, 0.2) is 17.3 Å². The Balaban J connectivity index is 1.65. The summed E-state index contributed by atoms with van der Waals surface area (Å²) in [4.78, 5) is 12.6. The molecule has 0 unspecified atom stereocenters. The minimum absolute atomic E-state index is 0.150. The molecule has 1 N–H and O–H groups in total. The molecule has 0 radical (unpaired) electrons. The number of nitrogens with zero attached hydrogens (tertiary/aromatic N) is 2. The average Bonchev–Trinajstić information content (AvgIpc) is 3.04. The Hall–Kier alpha value is -2.80. The normalized spacial score (nSPS) is 10.7. The number of hydrogen-bond donors (Lipinski definition) is 1. The second-order valence-corrected chi connectivity index (χ2v) is 7.74. The summed E-state index contributed by atoms with van der Waals surface area (Å²) in [6.45, 7) is 7.61. The van der Waals surface area contributed by atoms with E-state index in [-0.39, 0.29) is 12.3 Å². The second-order valence-electron chi connectivity index (χ2n) is 6.88. The van der Waals surface area contributed by atoms with Crippen molar-refractivity contribution in [3.63, 3.8) is 0 Å². The lowest BCUT2D eigenvalue weighted by Crippen LogP contribution is -2.15. The predicted octanol–water partition coefficient (Wildman–Crippen LogP) is 4.98. The molecule has 0 bridgehead atoms. The number of benzene rings is 2. The average molecular weight is 472 g/mol. The van der Waals surface area contributed by atoms with Crippen molar-refractivity contribution in [3.8, 4) is 11.5 Å². The van der Waals surface area contributed by atoms with Gasteiger partial charge in [-0.1, -0.05) is 35.9 Å². The topological polar surface area (TPSA) is 65.4 Å². The maximum Gasteiger partial charge on any atom is 0.230 e.